The van der Waals surface area contributed by atoms with E-state index in [1.165, 1.54) is 12.1 Å². The summed E-state index contributed by atoms with van der Waals surface area (Å²) in [6.45, 7) is 0.910. The van der Waals surface area contributed by atoms with Crippen LogP contribution in [0.1, 0.15) is 18.0 Å². The third-order valence-corrected chi connectivity index (χ3v) is 3.07. The fourth-order valence-corrected chi connectivity index (χ4v) is 1.85. The number of hydrogen-bond acceptors (Lipinski definition) is 1. The normalized spacial score (nSPS) is 19.8. The molecule has 1 aliphatic heterocycles. The Balaban J connectivity index is 0.000000980. The number of hydrogen-bond donors (Lipinski definition) is 1. The van der Waals surface area contributed by atoms with E-state index in [2.05, 4.69) is 5.32 Å². The summed E-state index contributed by atoms with van der Waals surface area (Å²) in [5, 5.41) is 3.83. The van der Waals surface area contributed by atoms with Crippen molar-refractivity contribution in [3.05, 3.63) is 33.6 Å². The lowest BCUT2D eigenvalue weighted by molar-refractivity contribution is 0.370. The van der Waals surface area contributed by atoms with Gasteiger partial charge in [-0.1, -0.05) is 23.2 Å². The lowest BCUT2D eigenvalue weighted by Crippen LogP contribution is -2.35. The Morgan fingerprint density at radius 1 is 1.36 bits per heavy atom. The van der Waals surface area contributed by atoms with E-state index in [1.54, 1.807) is 0 Å². The molecule has 0 amide bonds. The van der Waals surface area contributed by atoms with E-state index >= 15 is 0 Å². The first kappa shape index (κ1) is 12.1. The number of nitrogens with one attached hydrogen (secondary N) is 1. The molecule has 1 atom stereocenters. The molecule has 0 bridgehead atoms. The minimum absolute atomic E-state index is 0. The molecule has 0 spiro atoms. The topological polar surface area (TPSA) is 12.0 Å². The maximum atomic E-state index is 13.3. The second-order valence-corrected chi connectivity index (χ2v) is 3.84. The van der Waals surface area contributed by atoms with E-state index in [0.717, 1.165) is 13.0 Å². The first-order valence-electron chi connectivity index (χ1n) is 4.07. The highest BCUT2D eigenvalue weighted by Crippen LogP contribution is 2.35. The Labute approximate surface area is 98.0 Å². The molecule has 1 heterocycles. The van der Waals surface area contributed by atoms with Crippen LogP contribution in [0.4, 0.5) is 4.39 Å². The summed E-state index contributed by atoms with van der Waals surface area (Å²) in [7, 11) is 0. The van der Waals surface area contributed by atoms with Gasteiger partial charge in [0.25, 0.3) is 0 Å². The standard InChI is InChI=1S/C9H8Cl2FN.ClH/c10-5-1-2-6(12)8(9(5)11)7-3-4-13-7;/h1-2,7,13H,3-4H2;1H/t7-;/m1./s1. The monoisotopic (exact) mass is 255 g/mol. The van der Waals surface area contributed by atoms with Crippen molar-refractivity contribution in [2.75, 3.05) is 6.54 Å². The average molecular weight is 257 g/mol. The first-order chi connectivity index (χ1) is 6.20. The van der Waals surface area contributed by atoms with Crippen LogP contribution in [0, 0.1) is 5.82 Å². The van der Waals surface area contributed by atoms with E-state index < -0.39 is 0 Å². The molecular formula is C9H9Cl3FN. The number of halogens is 4. The molecule has 1 aromatic carbocycles. The first-order valence-corrected chi connectivity index (χ1v) is 4.82. The van der Waals surface area contributed by atoms with Crippen LogP contribution in [0.25, 0.3) is 0 Å². The molecule has 1 aliphatic rings. The largest absolute Gasteiger partial charge is 0.310 e. The minimum Gasteiger partial charge on any atom is -0.310 e. The van der Waals surface area contributed by atoms with Crippen molar-refractivity contribution < 1.29 is 4.39 Å². The van der Waals surface area contributed by atoms with Crippen molar-refractivity contribution >= 4 is 35.6 Å². The number of rotatable bonds is 1. The van der Waals surface area contributed by atoms with Crippen LogP contribution in [0.2, 0.25) is 10.0 Å². The second-order valence-electron chi connectivity index (χ2n) is 3.05. The highest BCUT2D eigenvalue weighted by molar-refractivity contribution is 6.42. The Morgan fingerprint density at radius 3 is 2.50 bits per heavy atom. The molecule has 0 radical (unpaired) electrons. The van der Waals surface area contributed by atoms with Crippen molar-refractivity contribution in [2.45, 2.75) is 12.5 Å². The molecule has 1 saturated heterocycles. The smallest absolute Gasteiger partial charge is 0.129 e. The SMILES string of the molecule is Cl.Fc1ccc(Cl)c(Cl)c1[C@H]1CCN1. The van der Waals surface area contributed by atoms with Crippen molar-refractivity contribution in [3.63, 3.8) is 0 Å². The molecule has 1 fully saturated rings. The van der Waals surface area contributed by atoms with Gasteiger partial charge in [0.05, 0.1) is 10.0 Å². The summed E-state index contributed by atoms with van der Waals surface area (Å²) >= 11 is 11.7. The van der Waals surface area contributed by atoms with Crippen LogP contribution >= 0.6 is 35.6 Å². The predicted octanol–water partition coefficient (Wildman–Crippen LogP) is 3.59. The van der Waals surface area contributed by atoms with Gasteiger partial charge in [0.2, 0.25) is 0 Å². The lowest BCUT2D eigenvalue weighted by atomic mass is 9.97. The van der Waals surface area contributed by atoms with Gasteiger partial charge in [0.15, 0.2) is 0 Å². The molecule has 14 heavy (non-hydrogen) atoms. The van der Waals surface area contributed by atoms with Gasteiger partial charge in [-0.05, 0) is 25.1 Å². The fraction of sp³-hybridized carbons (Fsp3) is 0.333. The van der Waals surface area contributed by atoms with Gasteiger partial charge < -0.3 is 5.32 Å². The molecule has 0 unspecified atom stereocenters. The molecule has 1 aromatic rings. The fourth-order valence-electron chi connectivity index (χ4n) is 1.40. The zero-order valence-corrected chi connectivity index (χ0v) is 9.52. The molecular weight excluding hydrogens is 247 g/mol. The molecule has 2 rings (SSSR count). The van der Waals surface area contributed by atoms with Crippen LogP contribution in [0.15, 0.2) is 12.1 Å². The third-order valence-electron chi connectivity index (χ3n) is 2.25. The van der Waals surface area contributed by atoms with E-state index in [1.807, 2.05) is 0 Å². The van der Waals surface area contributed by atoms with Crippen LogP contribution in [0.5, 0.6) is 0 Å². The van der Waals surface area contributed by atoms with E-state index in [4.69, 9.17) is 23.2 Å². The Hall–Kier alpha value is -0.0200. The molecule has 0 aromatic heterocycles. The average Bonchev–Trinajstić information content (AvgIpc) is 2.02. The van der Waals surface area contributed by atoms with E-state index in [-0.39, 0.29) is 24.3 Å². The van der Waals surface area contributed by atoms with Crippen LogP contribution in [-0.4, -0.2) is 6.54 Å². The third kappa shape index (κ3) is 1.98. The molecule has 0 saturated carbocycles. The predicted molar refractivity (Wildman–Crippen MR) is 59.0 cm³/mol. The molecule has 5 heteroatoms. The van der Waals surface area contributed by atoms with E-state index in [9.17, 15) is 4.39 Å². The van der Waals surface area contributed by atoms with Crippen molar-refractivity contribution in [1.29, 1.82) is 0 Å². The second kappa shape index (κ2) is 4.67. The summed E-state index contributed by atoms with van der Waals surface area (Å²) < 4.78 is 13.3. The quantitative estimate of drug-likeness (QED) is 0.757. The van der Waals surface area contributed by atoms with E-state index in [0.29, 0.717) is 15.6 Å². The zero-order valence-electron chi connectivity index (χ0n) is 7.19. The van der Waals surface area contributed by atoms with Crippen LogP contribution in [-0.2, 0) is 0 Å². The Kier molecular flexibility index (Phi) is 4.02. The van der Waals surface area contributed by atoms with Crippen molar-refractivity contribution in [3.8, 4) is 0 Å². The Morgan fingerprint density at radius 2 is 2.00 bits per heavy atom. The zero-order chi connectivity index (χ0) is 9.42. The molecule has 1 N–H and O–H groups in total. The summed E-state index contributed by atoms with van der Waals surface area (Å²) in [5.74, 6) is -0.286. The minimum atomic E-state index is -0.286. The summed E-state index contributed by atoms with van der Waals surface area (Å²) in [6, 6.07) is 2.86. The highest BCUT2D eigenvalue weighted by Gasteiger charge is 2.25. The number of benzene rings is 1. The van der Waals surface area contributed by atoms with Gasteiger partial charge in [0, 0.05) is 11.6 Å². The molecule has 1 nitrogen and oxygen atoms in total. The van der Waals surface area contributed by atoms with Gasteiger partial charge in [0.1, 0.15) is 5.82 Å². The van der Waals surface area contributed by atoms with Crippen molar-refractivity contribution in [1.82, 2.24) is 5.32 Å². The van der Waals surface area contributed by atoms with Crippen LogP contribution < -0.4 is 5.32 Å². The maximum Gasteiger partial charge on any atom is 0.129 e. The highest BCUT2D eigenvalue weighted by atomic mass is 35.5. The lowest BCUT2D eigenvalue weighted by Gasteiger charge is -2.29. The Bertz CT molecular complexity index is 339. The molecule has 78 valence electrons. The van der Waals surface area contributed by atoms with Gasteiger partial charge in [-0.2, -0.15) is 0 Å². The maximum absolute atomic E-state index is 13.3. The van der Waals surface area contributed by atoms with Gasteiger partial charge in [-0.15, -0.1) is 12.4 Å². The van der Waals surface area contributed by atoms with Crippen molar-refractivity contribution in [2.24, 2.45) is 0 Å². The molecule has 0 aliphatic carbocycles. The van der Waals surface area contributed by atoms with Gasteiger partial charge in [-0.3, -0.25) is 0 Å². The van der Waals surface area contributed by atoms with Gasteiger partial charge in [-0.25, -0.2) is 4.39 Å². The van der Waals surface area contributed by atoms with Crippen LogP contribution in [0.3, 0.4) is 0 Å². The summed E-state index contributed by atoms with van der Waals surface area (Å²) in [4.78, 5) is 0. The van der Waals surface area contributed by atoms with Gasteiger partial charge >= 0.3 is 0 Å². The summed E-state index contributed by atoms with van der Waals surface area (Å²) in [5.41, 5.74) is 0.500. The summed E-state index contributed by atoms with van der Waals surface area (Å²) in [6.07, 6.45) is 0.914.